The van der Waals surface area contributed by atoms with Crippen LogP contribution in [0.25, 0.3) is 0 Å². The third kappa shape index (κ3) is 3.01. The molecule has 0 saturated carbocycles. The summed E-state index contributed by atoms with van der Waals surface area (Å²) in [6.45, 7) is 2.24. The van der Waals surface area contributed by atoms with E-state index in [-0.39, 0.29) is 5.91 Å². The molecule has 2 rings (SSSR count). The van der Waals surface area contributed by atoms with Crippen molar-refractivity contribution in [3.63, 3.8) is 0 Å². The molecule has 17 heavy (non-hydrogen) atoms. The smallest absolute Gasteiger partial charge is 0.253 e. The summed E-state index contributed by atoms with van der Waals surface area (Å²) in [6, 6.07) is 6.93. The lowest BCUT2D eigenvalue weighted by Crippen LogP contribution is -2.22. The molecule has 0 radical (unpaired) electrons. The van der Waals surface area contributed by atoms with E-state index in [9.17, 15) is 4.79 Å². The first kappa shape index (κ1) is 12.0. The Morgan fingerprint density at radius 2 is 2.18 bits per heavy atom. The van der Waals surface area contributed by atoms with Crippen molar-refractivity contribution in [3.8, 4) is 0 Å². The van der Waals surface area contributed by atoms with Gasteiger partial charge in [0.2, 0.25) is 0 Å². The molecule has 0 unspecified atom stereocenters. The number of nitrogens with zero attached hydrogens (tertiary/aromatic N) is 2. The number of hydrogen-bond acceptors (Lipinski definition) is 4. The zero-order valence-electron chi connectivity index (χ0n) is 9.11. The van der Waals surface area contributed by atoms with E-state index in [2.05, 4.69) is 15.5 Å². The number of benzene rings is 1. The van der Waals surface area contributed by atoms with Crippen LogP contribution in [0.4, 0.5) is 0 Å². The summed E-state index contributed by atoms with van der Waals surface area (Å²) in [5.74, 6) is -0.205. The number of halogens is 1. The Morgan fingerprint density at radius 1 is 1.41 bits per heavy atom. The first-order valence-electron chi connectivity index (χ1n) is 4.98. The first-order chi connectivity index (χ1) is 8.16. The molecule has 0 atom stereocenters. The van der Waals surface area contributed by atoms with Crippen molar-refractivity contribution < 1.29 is 4.79 Å². The van der Waals surface area contributed by atoms with Gasteiger partial charge in [0.1, 0.15) is 10.0 Å². The van der Waals surface area contributed by atoms with E-state index < -0.39 is 0 Å². The van der Waals surface area contributed by atoms with Gasteiger partial charge in [-0.15, -0.1) is 10.2 Å². The Hall–Kier alpha value is -1.46. The highest BCUT2D eigenvalue weighted by molar-refractivity contribution is 7.11. The first-order valence-corrected chi connectivity index (χ1v) is 6.18. The molecule has 88 valence electrons. The van der Waals surface area contributed by atoms with Gasteiger partial charge in [0, 0.05) is 0 Å². The van der Waals surface area contributed by atoms with Crippen LogP contribution < -0.4 is 5.32 Å². The maximum Gasteiger partial charge on any atom is 0.253 e. The zero-order chi connectivity index (χ0) is 12.3. The number of carbonyl (C=O) groups excluding carboxylic acids is 1. The maximum atomic E-state index is 11.8. The van der Waals surface area contributed by atoms with Gasteiger partial charge in [-0.1, -0.05) is 35.1 Å². The summed E-state index contributed by atoms with van der Waals surface area (Å²) >= 11 is 7.38. The lowest BCUT2D eigenvalue weighted by molar-refractivity contribution is 0.0951. The highest BCUT2D eigenvalue weighted by atomic mass is 35.5. The highest BCUT2D eigenvalue weighted by Crippen LogP contribution is 2.15. The summed E-state index contributed by atoms with van der Waals surface area (Å²) in [7, 11) is 0. The van der Waals surface area contributed by atoms with Crippen LogP contribution in [0.2, 0.25) is 5.02 Å². The molecular formula is C11H10ClN3OS. The summed E-state index contributed by atoms with van der Waals surface area (Å²) < 4.78 is 0. The van der Waals surface area contributed by atoms with Gasteiger partial charge in [-0.2, -0.15) is 0 Å². The van der Waals surface area contributed by atoms with Crippen LogP contribution in [-0.4, -0.2) is 16.1 Å². The van der Waals surface area contributed by atoms with Crippen LogP contribution >= 0.6 is 22.9 Å². The molecule has 1 aromatic carbocycles. The summed E-state index contributed by atoms with van der Waals surface area (Å²) in [5, 5.41) is 12.7. The van der Waals surface area contributed by atoms with Crippen LogP contribution in [0.3, 0.4) is 0 Å². The quantitative estimate of drug-likeness (QED) is 0.929. The Labute approximate surface area is 108 Å². The van der Waals surface area contributed by atoms with E-state index in [1.54, 1.807) is 24.3 Å². The second-order valence-electron chi connectivity index (χ2n) is 3.38. The van der Waals surface area contributed by atoms with E-state index >= 15 is 0 Å². The Bertz CT molecular complexity index is 541. The second kappa shape index (κ2) is 5.25. The van der Waals surface area contributed by atoms with E-state index in [0.29, 0.717) is 17.1 Å². The minimum atomic E-state index is -0.205. The fourth-order valence-corrected chi connectivity index (χ4v) is 2.18. The van der Waals surface area contributed by atoms with Crippen molar-refractivity contribution in [2.45, 2.75) is 13.5 Å². The predicted molar refractivity (Wildman–Crippen MR) is 67.3 cm³/mol. The molecule has 0 aliphatic carbocycles. The second-order valence-corrected chi connectivity index (χ2v) is 5.05. The molecular weight excluding hydrogens is 258 g/mol. The van der Waals surface area contributed by atoms with Gasteiger partial charge in [-0.25, -0.2) is 0 Å². The van der Waals surface area contributed by atoms with E-state index in [4.69, 9.17) is 11.6 Å². The van der Waals surface area contributed by atoms with E-state index in [0.717, 1.165) is 10.0 Å². The third-order valence-corrected chi connectivity index (χ3v) is 3.25. The lowest BCUT2D eigenvalue weighted by atomic mass is 10.2. The Morgan fingerprint density at radius 3 is 2.82 bits per heavy atom. The van der Waals surface area contributed by atoms with Gasteiger partial charge in [-0.05, 0) is 19.1 Å². The van der Waals surface area contributed by atoms with Gasteiger partial charge in [0.25, 0.3) is 5.91 Å². The van der Waals surface area contributed by atoms with Gasteiger partial charge in [0.15, 0.2) is 0 Å². The minimum absolute atomic E-state index is 0.205. The average Bonchev–Trinajstić information content (AvgIpc) is 2.73. The standard InChI is InChI=1S/C11H10ClN3OS/c1-7-14-15-10(17-7)6-13-11(16)8-4-2-3-5-9(8)12/h2-5H,6H2,1H3,(H,13,16). The number of nitrogens with one attached hydrogen (secondary N) is 1. The number of amides is 1. The Balaban J connectivity index is 2.01. The topological polar surface area (TPSA) is 54.9 Å². The number of hydrogen-bond donors (Lipinski definition) is 1. The van der Waals surface area contributed by atoms with E-state index in [1.807, 2.05) is 6.92 Å². The van der Waals surface area contributed by atoms with E-state index in [1.165, 1.54) is 11.3 Å². The molecule has 1 amide bonds. The van der Waals surface area contributed by atoms with Crippen LogP contribution in [0.5, 0.6) is 0 Å². The summed E-state index contributed by atoms with van der Waals surface area (Å²) in [5.41, 5.74) is 0.468. The lowest BCUT2D eigenvalue weighted by Gasteiger charge is -2.04. The average molecular weight is 268 g/mol. The van der Waals surface area contributed by atoms with Crippen molar-refractivity contribution in [1.29, 1.82) is 0 Å². The fourth-order valence-electron chi connectivity index (χ4n) is 1.31. The molecule has 0 bridgehead atoms. The van der Waals surface area contributed by atoms with Crippen molar-refractivity contribution in [2.24, 2.45) is 0 Å². The number of carbonyl (C=O) groups is 1. The molecule has 2 aromatic rings. The van der Waals surface area contributed by atoms with Gasteiger partial charge in [0.05, 0.1) is 17.1 Å². The van der Waals surface area contributed by atoms with Gasteiger partial charge >= 0.3 is 0 Å². The monoisotopic (exact) mass is 267 g/mol. The molecule has 6 heteroatoms. The molecule has 0 fully saturated rings. The van der Waals surface area contributed by atoms with Crippen LogP contribution in [0.1, 0.15) is 20.4 Å². The molecule has 1 heterocycles. The van der Waals surface area contributed by atoms with Gasteiger partial charge < -0.3 is 5.32 Å². The van der Waals surface area contributed by atoms with Crippen LogP contribution in [-0.2, 0) is 6.54 Å². The largest absolute Gasteiger partial charge is 0.345 e. The normalized spacial score (nSPS) is 10.2. The van der Waals surface area contributed by atoms with Crippen LogP contribution in [0, 0.1) is 6.92 Å². The Kier molecular flexibility index (Phi) is 3.71. The predicted octanol–water partition coefficient (Wildman–Crippen LogP) is 2.43. The SMILES string of the molecule is Cc1nnc(CNC(=O)c2ccccc2Cl)s1. The molecule has 0 spiro atoms. The number of rotatable bonds is 3. The third-order valence-electron chi connectivity index (χ3n) is 2.09. The maximum absolute atomic E-state index is 11.8. The van der Waals surface area contributed by atoms with Gasteiger partial charge in [-0.3, -0.25) is 4.79 Å². The van der Waals surface area contributed by atoms with Crippen LogP contribution in [0.15, 0.2) is 24.3 Å². The zero-order valence-corrected chi connectivity index (χ0v) is 10.7. The molecule has 0 saturated heterocycles. The number of aromatic nitrogens is 2. The molecule has 0 aliphatic heterocycles. The molecule has 1 aromatic heterocycles. The number of aryl methyl sites for hydroxylation is 1. The summed E-state index contributed by atoms with van der Waals surface area (Å²) in [4.78, 5) is 11.8. The molecule has 4 nitrogen and oxygen atoms in total. The molecule has 0 aliphatic rings. The van der Waals surface area contributed by atoms with Crippen molar-refractivity contribution in [1.82, 2.24) is 15.5 Å². The van der Waals surface area contributed by atoms with Crippen molar-refractivity contribution in [3.05, 3.63) is 44.9 Å². The van der Waals surface area contributed by atoms with Crippen molar-refractivity contribution >= 4 is 28.8 Å². The summed E-state index contributed by atoms with van der Waals surface area (Å²) in [6.07, 6.45) is 0. The fraction of sp³-hybridized carbons (Fsp3) is 0.182. The minimum Gasteiger partial charge on any atom is -0.345 e. The highest BCUT2D eigenvalue weighted by Gasteiger charge is 2.09. The van der Waals surface area contributed by atoms with Crippen molar-refractivity contribution in [2.75, 3.05) is 0 Å². The molecule has 1 N–H and O–H groups in total.